The van der Waals surface area contributed by atoms with Gasteiger partial charge in [-0.3, -0.25) is 0 Å². The third-order valence-electron chi connectivity index (χ3n) is 1.63. The van der Waals surface area contributed by atoms with Crippen LogP contribution in [-0.4, -0.2) is 46.1 Å². The summed E-state index contributed by atoms with van der Waals surface area (Å²) in [6, 6.07) is 0. The zero-order chi connectivity index (χ0) is 11.6. The molecule has 0 saturated carbocycles. The molecule has 0 atom stereocenters. The fourth-order valence-corrected chi connectivity index (χ4v) is 2.68. The molecule has 0 aliphatic heterocycles. The molecule has 0 fully saturated rings. The molecule has 5 nitrogen and oxygen atoms in total. The lowest BCUT2D eigenvalue weighted by atomic mass is 10.4. The second kappa shape index (κ2) is 9.19. The number of rotatable bonds is 9. The van der Waals surface area contributed by atoms with Crippen molar-refractivity contribution in [3.05, 3.63) is 0 Å². The summed E-state index contributed by atoms with van der Waals surface area (Å²) in [5.41, 5.74) is 0. The molecule has 0 aliphatic carbocycles. The maximum atomic E-state index is 10.1. The lowest BCUT2D eigenvalue weighted by molar-refractivity contribution is -0.00609. The summed E-state index contributed by atoms with van der Waals surface area (Å²) in [5, 5.41) is 1.59. The number of hydrogen-bond acceptors (Lipinski definition) is 5. The minimum absolute atomic E-state index is 0.463. The topological polar surface area (TPSA) is 54.0 Å². The van der Waals surface area contributed by atoms with Crippen LogP contribution in [0.5, 0.6) is 0 Å². The molecule has 0 aliphatic rings. The molecule has 15 heavy (non-hydrogen) atoms. The van der Waals surface area contributed by atoms with Crippen molar-refractivity contribution in [2.75, 3.05) is 27.4 Å². The number of hydrogen-bond donors (Lipinski definition) is 0. The molecule has 0 rings (SSSR count). The van der Waals surface area contributed by atoms with Crippen molar-refractivity contribution in [1.82, 2.24) is 0 Å². The molecule has 0 amide bonds. The summed E-state index contributed by atoms with van der Waals surface area (Å²) in [7, 11) is 0.107. The monoisotopic (exact) mass is 254 g/mol. The first-order valence-electron chi connectivity index (χ1n) is 4.73. The highest BCUT2D eigenvalue weighted by Gasteiger charge is 2.42. The van der Waals surface area contributed by atoms with Gasteiger partial charge in [0.1, 0.15) is 0 Å². The smallest absolute Gasteiger partial charge is 0.355 e. The molecule has 0 aromatic carbocycles. The minimum atomic E-state index is -2.90. The van der Waals surface area contributed by atoms with E-state index in [0.717, 1.165) is 6.42 Å². The summed E-state index contributed by atoms with van der Waals surface area (Å²) in [5.74, 6) is 0. The molecule has 0 saturated heterocycles. The van der Waals surface area contributed by atoms with E-state index in [4.69, 9.17) is 17.7 Å². The fourth-order valence-electron chi connectivity index (χ4n) is 0.949. The summed E-state index contributed by atoms with van der Waals surface area (Å²) < 4.78 is 31.1. The van der Waals surface area contributed by atoms with E-state index >= 15 is 0 Å². The summed E-state index contributed by atoms with van der Waals surface area (Å²) in [6.45, 7) is 2.80. The Balaban J connectivity index is 3.89. The van der Waals surface area contributed by atoms with Gasteiger partial charge in [0.2, 0.25) is 0 Å². The van der Waals surface area contributed by atoms with Crippen molar-refractivity contribution in [2.45, 2.75) is 19.8 Å². The average molecular weight is 254 g/mol. The molecule has 0 heterocycles. The van der Waals surface area contributed by atoms with Crippen LogP contribution in [0.4, 0.5) is 0 Å². The highest BCUT2D eigenvalue weighted by atomic mass is 32.1. The predicted molar refractivity (Wildman–Crippen MR) is 60.8 cm³/mol. The Bertz CT molecular complexity index is 203. The Labute approximate surface area is 95.2 Å². The summed E-state index contributed by atoms with van der Waals surface area (Å²) in [4.78, 5) is 0. The van der Waals surface area contributed by atoms with E-state index in [9.17, 15) is 4.21 Å². The fraction of sp³-hybridized carbons (Fsp3) is 0.875. The van der Waals surface area contributed by atoms with Crippen molar-refractivity contribution < 1.29 is 21.9 Å². The Kier molecular flexibility index (Phi) is 9.16. The molecular weight excluding hydrogens is 236 g/mol. The molecular formula is C8H18O5SSi. The van der Waals surface area contributed by atoms with Gasteiger partial charge in [0.25, 0.3) is 0 Å². The van der Waals surface area contributed by atoms with Gasteiger partial charge in [-0.1, -0.05) is 0 Å². The first-order valence-corrected chi connectivity index (χ1v) is 7.17. The zero-order valence-electron chi connectivity index (χ0n) is 9.36. The molecule has 0 N–H and O–H groups in total. The lowest BCUT2D eigenvalue weighted by Gasteiger charge is -2.24. The zero-order valence-corrected chi connectivity index (χ0v) is 11.2. The van der Waals surface area contributed by atoms with Crippen LogP contribution >= 0.6 is 0 Å². The lowest BCUT2D eigenvalue weighted by Crippen LogP contribution is -2.47. The van der Waals surface area contributed by atoms with Gasteiger partial charge in [-0.05, 0) is 19.8 Å². The summed E-state index contributed by atoms with van der Waals surface area (Å²) in [6.07, 6.45) is 1.46. The van der Waals surface area contributed by atoms with Crippen LogP contribution in [0.2, 0.25) is 0 Å². The summed E-state index contributed by atoms with van der Waals surface area (Å²) >= 11 is 0.468. The van der Waals surface area contributed by atoms with Crippen LogP contribution < -0.4 is 0 Å². The van der Waals surface area contributed by atoms with Crippen LogP contribution in [0.3, 0.4) is 0 Å². The molecule has 90 valence electrons. The Morgan fingerprint density at radius 3 is 2.40 bits per heavy atom. The molecule has 0 radical (unpaired) electrons. The molecule has 0 aromatic heterocycles. The van der Waals surface area contributed by atoms with Crippen molar-refractivity contribution in [3.8, 4) is 0 Å². The van der Waals surface area contributed by atoms with Gasteiger partial charge in [-0.2, -0.15) is 0 Å². The maximum Gasteiger partial charge on any atom is 0.679 e. The second-order valence-corrected chi connectivity index (χ2v) is 5.51. The van der Waals surface area contributed by atoms with E-state index in [1.165, 1.54) is 14.2 Å². The van der Waals surface area contributed by atoms with E-state index in [-0.39, 0.29) is 0 Å². The van der Waals surface area contributed by atoms with Crippen molar-refractivity contribution in [1.29, 1.82) is 0 Å². The first kappa shape index (κ1) is 14.9. The van der Waals surface area contributed by atoms with Crippen LogP contribution in [0.15, 0.2) is 0 Å². The largest absolute Gasteiger partial charge is 0.679 e. The quantitative estimate of drug-likeness (QED) is 0.342. The van der Waals surface area contributed by atoms with E-state index < -0.39 is 9.05 Å². The van der Waals surface area contributed by atoms with Gasteiger partial charge >= 0.3 is 9.05 Å². The highest BCUT2D eigenvalue weighted by molar-refractivity contribution is 7.64. The second-order valence-electron chi connectivity index (χ2n) is 2.59. The van der Waals surface area contributed by atoms with Crippen LogP contribution in [0.1, 0.15) is 19.8 Å². The molecule has 0 aromatic rings. The maximum absolute atomic E-state index is 10.1. The van der Waals surface area contributed by atoms with Crippen LogP contribution in [-0.2, 0) is 29.0 Å². The van der Waals surface area contributed by atoms with Gasteiger partial charge in [0, 0.05) is 32.8 Å². The molecule has 0 spiro atoms. The van der Waals surface area contributed by atoms with Crippen molar-refractivity contribution in [2.24, 2.45) is 0 Å². The minimum Gasteiger partial charge on any atom is -0.355 e. The standard InChI is InChI=1S/C8H18O5SSi/c1-4-12-15(10-2,11-3)13-7-5-6-8-14-9/h8H,4-7H2,1-3H3. The molecule has 7 heteroatoms. The van der Waals surface area contributed by atoms with Gasteiger partial charge in [-0.25, -0.2) is 4.21 Å². The molecule has 0 unspecified atom stereocenters. The average Bonchev–Trinajstić information content (AvgIpc) is 2.27. The SMILES string of the molecule is CCO[Si](OC)(OC)OCCCC=S=O. The van der Waals surface area contributed by atoms with E-state index in [2.05, 4.69) is 0 Å². The highest BCUT2D eigenvalue weighted by Crippen LogP contribution is 2.09. The van der Waals surface area contributed by atoms with E-state index in [0.29, 0.717) is 30.9 Å². The van der Waals surface area contributed by atoms with Gasteiger partial charge in [0.15, 0.2) is 0 Å². The van der Waals surface area contributed by atoms with E-state index in [1.54, 1.807) is 5.37 Å². The first-order chi connectivity index (χ1) is 7.24. The normalized spacial score (nSPS) is 11.4. The van der Waals surface area contributed by atoms with Gasteiger partial charge in [-0.15, -0.1) is 0 Å². The Morgan fingerprint density at radius 2 is 1.93 bits per heavy atom. The van der Waals surface area contributed by atoms with Gasteiger partial charge in [0.05, 0.1) is 11.3 Å². The Hall–Kier alpha value is -0.0531. The third kappa shape index (κ3) is 6.18. The van der Waals surface area contributed by atoms with Crippen LogP contribution in [0.25, 0.3) is 0 Å². The van der Waals surface area contributed by atoms with Crippen LogP contribution in [0, 0.1) is 0 Å². The third-order valence-corrected chi connectivity index (χ3v) is 4.21. The number of unbranched alkanes of at least 4 members (excludes halogenated alkanes) is 1. The molecule has 0 bridgehead atoms. The van der Waals surface area contributed by atoms with E-state index in [1.807, 2.05) is 6.92 Å². The predicted octanol–water partition coefficient (Wildman–Crippen LogP) is 0.563. The van der Waals surface area contributed by atoms with Crippen molar-refractivity contribution in [3.63, 3.8) is 0 Å². The van der Waals surface area contributed by atoms with Crippen molar-refractivity contribution >= 4 is 25.7 Å². The van der Waals surface area contributed by atoms with Gasteiger partial charge < -0.3 is 17.7 Å². The Morgan fingerprint density at radius 1 is 1.27 bits per heavy atom.